The molecule has 0 spiro atoms. The van der Waals surface area contributed by atoms with Crippen molar-refractivity contribution in [1.29, 1.82) is 0 Å². The number of amides is 1. The third kappa shape index (κ3) is 5.03. The molecule has 1 saturated heterocycles. The number of aliphatic hydroxyl groups is 2. The number of carbonyl (C=O) groups excluding carboxylic acids is 1. The van der Waals surface area contributed by atoms with E-state index < -0.39 is 22.0 Å². The Bertz CT molecular complexity index is 713. The zero-order chi connectivity index (χ0) is 19.3. The smallest absolute Gasteiger partial charge is 0.238 e. The lowest BCUT2D eigenvalue weighted by Crippen LogP contribution is -2.48. The highest BCUT2D eigenvalue weighted by atomic mass is 32.2. The van der Waals surface area contributed by atoms with E-state index in [0.717, 1.165) is 29.7 Å². The molecule has 1 amide bonds. The first-order valence-electron chi connectivity index (χ1n) is 8.95. The second kappa shape index (κ2) is 8.94. The number of carbonyl (C=O) groups is 1. The van der Waals surface area contributed by atoms with Gasteiger partial charge in [0.2, 0.25) is 5.91 Å². The van der Waals surface area contributed by atoms with Crippen LogP contribution in [0.3, 0.4) is 0 Å². The molecule has 7 nitrogen and oxygen atoms in total. The number of aryl methyl sites for hydroxylation is 2. The largest absolute Gasteiger partial charge is 0.395 e. The summed E-state index contributed by atoms with van der Waals surface area (Å²) in [5, 5.41) is 22.3. The lowest BCUT2D eigenvalue weighted by molar-refractivity contribution is -0.118. The normalized spacial score (nSPS) is 21.9. The van der Waals surface area contributed by atoms with Gasteiger partial charge in [-0.25, -0.2) is 8.42 Å². The highest BCUT2D eigenvalue weighted by Crippen LogP contribution is 2.23. The summed E-state index contributed by atoms with van der Waals surface area (Å²) < 4.78 is 23.5. The summed E-state index contributed by atoms with van der Waals surface area (Å²) in [5.41, 5.74) is 2.87. The average Bonchev–Trinajstić information content (AvgIpc) is 2.87. The van der Waals surface area contributed by atoms with Crippen molar-refractivity contribution in [3.8, 4) is 0 Å². The molecule has 1 aromatic carbocycles. The Morgan fingerprint density at radius 1 is 1.23 bits per heavy atom. The Kier molecular flexibility index (Phi) is 7.16. The highest BCUT2D eigenvalue weighted by Gasteiger charge is 2.40. The van der Waals surface area contributed by atoms with Gasteiger partial charge in [0.15, 0.2) is 9.84 Å². The molecule has 0 bridgehead atoms. The van der Waals surface area contributed by atoms with E-state index in [1.807, 2.05) is 32.0 Å². The Labute approximate surface area is 154 Å². The van der Waals surface area contributed by atoms with Crippen LogP contribution in [0.1, 0.15) is 25.0 Å². The van der Waals surface area contributed by atoms with Crippen LogP contribution in [-0.4, -0.2) is 72.8 Å². The predicted molar refractivity (Wildman–Crippen MR) is 101 cm³/mol. The molecule has 2 rings (SSSR count). The summed E-state index contributed by atoms with van der Waals surface area (Å²) >= 11 is 0. The van der Waals surface area contributed by atoms with E-state index in [-0.39, 0.29) is 37.1 Å². The van der Waals surface area contributed by atoms with Crippen molar-refractivity contribution in [1.82, 2.24) is 4.90 Å². The topological polar surface area (TPSA) is 107 Å². The number of aliphatic hydroxyl groups excluding tert-OH is 2. The summed E-state index contributed by atoms with van der Waals surface area (Å²) in [7, 11) is -3.33. The van der Waals surface area contributed by atoms with Crippen LogP contribution in [0.4, 0.5) is 5.69 Å². The lowest BCUT2D eigenvalue weighted by atomic mass is 10.0. The second-order valence-electron chi connectivity index (χ2n) is 6.61. The van der Waals surface area contributed by atoms with Crippen molar-refractivity contribution < 1.29 is 23.4 Å². The second-order valence-corrected chi connectivity index (χ2v) is 8.77. The number of anilines is 1. The first-order valence-corrected chi connectivity index (χ1v) is 10.8. The Balaban J connectivity index is 2.14. The average molecular weight is 384 g/mol. The molecule has 2 unspecified atom stereocenters. The van der Waals surface area contributed by atoms with Crippen molar-refractivity contribution in [2.75, 3.05) is 36.5 Å². The van der Waals surface area contributed by atoms with E-state index in [4.69, 9.17) is 0 Å². The fraction of sp³-hybridized carbons (Fsp3) is 0.611. The molecule has 2 atom stereocenters. The van der Waals surface area contributed by atoms with E-state index in [1.54, 1.807) is 4.90 Å². The van der Waals surface area contributed by atoms with Crippen molar-refractivity contribution in [2.24, 2.45) is 0 Å². The standard InChI is InChI=1S/C18H28N2O5S/c1-3-13-6-5-7-14(4-2)18(13)19-17(23)10-20(8-9-21)15-11-26(24,25)12-16(15)22/h5-7,15-16,21-22H,3-4,8-12H2,1-2H3,(H,19,23). The minimum atomic E-state index is -3.33. The third-order valence-electron chi connectivity index (χ3n) is 4.76. The molecular weight excluding hydrogens is 356 g/mol. The molecule has 0 aromatic heterocycles. The number of hydrogen-bond acceptors (Lipinski definition) is 6. The fourth-order valence-electron chi connectivity index (χ4n) is 3.42. The number of para-hydroxylation sites is 1. The van der Waals surface area contributed by atoms with Crippen molar-refractivity contribution >= 4 is 21.4 Å². The number of nitrogens with zero attached hydrogens (tertiary/aromatic N) is 1. The zero-order valence-electron chi connectivity index (χ0n) is 15.3. The van der Waals surface area contributed by atoms with Crippen LogP contribution in [0.2, 0.25) is 0 Å². The molecule has 3 N–H and O–H groups in total. The van der Waals surface area contributed by atoms with E-state index in [1.165, 1.54) is 0 Å². The molecule has 26 heavy (non-hydrogen) atoms. The van der Waals surface area contributed by atoms with Crippen molar-refractivity contribution in [2.45, 2.75) is 38.8 Å². The number of rotatable bonds is 8. The van der Waals surface area contributed by atoms with Crippen molar-refractivity contribution in [3.05, 3.63) is 29.3 Å². The maximum absolute atomic E-state index is 12.6. The van der Waals surface area contributed by atoms with Crippen LogP contribution in [0.5, 0.6) is 0 Å². The minimum Gasteiger partial charge on any atom is -0.395 e. The van der Waals surface area contributed by atoms with E-state index in [2.05, 4.69) is 5.32 Å². The van der Waals surface area contributed by atoms with Crippen LogP contribution < -0.4 is 5.32 Å². The Morgan fingerprint density at radius 2 is 1.85 bits per heavy atom. The van der Waals surface area contributed by atoms with E-state index in [0.29, 0.717) is 0 Å². The number of sulfone groups is 1. The maximum Gasteiger partial charge on any atom is 0.238 e. The summed E-state index contributed by atoms with van der Waals surface area (Å²) in [6, 6.07) is 5.22. The summed E-state index contributed by atoms with van der Waals surface area (Å²) in [6.07, 6.45) is 0.515. The van der Waals surface area contributed by atoms with Gasteiger partial charge in [-0.2, -0.15) is 0 Å². The SMILES string of the molecule is CCc1cccc(CC)c1NC(=O)CN(CCO)C1CS(=O)(=O)CC1O. The minimum absolute atomic E-state index is 0.0843. The zero-order valence-corrected chi connectivity index (χ0v) is 16.1. The molecule has 0 aliphatic carbocycles. The molecule has 0 saturated carbocycles. The van der Waals surface area contributed by atoms with Gasteiger partial charge in [0.05, 0.1) is 36.8 Å². The van der Waals surface area contributed by atoms with Gasteiger partial charge in [-0.05, 0) is 24.0 Å². The third-order valence-corrected chi connectivity index (χ3v) is 6.46. The van der Waals surface area contributed by atoms with Gasteiger partial charge in [0.25, 0.3) is 0 Å². The van der Waals surface area contributed by atoms with Crippen LogP contribution in [0, 0.1) is 0 Å². The van der Waals surface area contributed by atoms with E-state index >= 15 is 0 Å². The molecule has 1 fully saturated rings. The number of nitrogens with one attached hydrogen (secondary N) is 1. The summed E-state index contributed by atoms with van der Waals surface area (Å²) in [5.74, 6) is -0.793. The first-order chi connectivity index (χ1) is 12.3. The molecule has 146 valence electrons. The summed E-state index contributed by atoms with van der Waals surface area (Å²) in [4.78, 5) is 14.1. The molecule has 1 aliphatic rings. The Morgan fingerprint density at radius 3 is 2.31 bits per heavy atom. The molecule has 1 aromatic rings. The van der Waals surface area contributed by atoms with Gasteiger partial charge < -0.3 is 15.5 Å². The van der Waals surface area contributed by atoms with Gasteiger partial charge >= 0.3 is 0 Å². The highest BCUT2D eigenvalue weighted by molar-refractivity contribution is 7.91. The van der Waals surface area contributed by atoms with Crippen LogP contribution >= 0.6 is 0 Å². The summed E-state index contributed by atoms with van der Waals surface area (Å²) in [6.45, 7) is 3.85. The number of benzene rings is 1. The monoisotopic (exact) mass is 384 g/mol. The molecule has 0 radical (unpaired) electrons. The van der Waals surface area contributed by atoms with Crippen molar-refractivity contribution in [3.63, 3.8) is 0 Å². The fourth-order valence-corrected chi connectivity index (χ4v) is 5.25. The van der Waals surface area contributed by atoms with Crippen LogP contribution in [-0.2, 0) is 27.5 Å². The van der Waals surface area contributed by atoms with Gasteiger partial charge in [-0.15, -0.1) is 0 Å². The quantitative estimate of drug-likeness (QED) is 0.591. The molecule has 1 heterocycles. The molecule has 8 heteroatoms. The van der Waals surface area contributed by atoms with Gasteiger partial charge in [-0.3, -0.25) is 9.69 Å². The maximum atomic E-state index is 12.6. The molecular formula is C18H28N2O5S. The first kappa shape index (κ1) is 20.8. The van der Waals surface area contributed by atoms with Crippen LogP contribution in [0.15, 0.2) is 18.2 Å². The Hall–Kier alpha value is -1.48. The number of hydrogen-bond donors (Lipinski definition) is 3. The van der Waals surface area contributed by atoms with Gasteiger partial charge in [0, 0.05) is 12.2 Å². The van der Waals surface area contributed by atoms with E-state index in [9.17, 15) is 23.4 Å². The molecule has 1 aliphatic heterocycles. The van der Waals surface area contributed by atoms with Crippen LogP contribution in [0.25, 0.3) is 0 Å². The lowest BCUT2D eigenvalue weighted by Gasteiger charge is -2.29. The predicted octanol–water partition coefficient (Wildman–Crippen LogP) is 0.202. The van der Waals surface area contributed by atoms with Gasteiger partial charge in [0.1, 0.15) is 0 Å². The van der Waals surface area contributed by atoms with Gasteiger partial charge in [-0.1, -0.05) is 32.0 Å².